The summed E-state index contributed by atoms with van der Waals surface area (Å²) in [6.45, 7) is 0. The smallest absolute Gasteiger partial charge is 0.143 e. The summed E-state index contributed by atoms with van der Waals surface area (Å²) in [7, 11) is 1.99. The minimum atomic E-state index is 0.376. The molecule has 0 bridgehead atoms. The maximum absolute atomic E-state index is 6.18. The molecular formula is C13H14ClN3S. The van der Waals surface area contributed by atoms with Gasteiger partial charge < -0.3 is 5.32 Å². The van der Waals surface area contributed by atoms with E-state index in [4.69, 9.17) is 16.6 Å². The van der Waals surface area contributed by atoms with Gasteiger partial charge in [0.05, 0.1) is 16.8 Å². The Morgan fingerprint density at radius 3 is 3.17 bits per heavy atom. The van der Waals surface area contributed by atoms with Crippen LogP contribution < -0.4 is 5.32 Å². The molecule has 18 heavy (non-hydrogen) atoms. The molecule has 2 heterocycles. The van der Waals surface area contributed by atoms with Crippen LogP contribution in [0.25, 0.3) is 10.7 Å². The van der Waals surface area contributed by atoms with Gasteiger partial charge in [-0.15, -0.1) is 11.3 Å². The molecular weight excluding hydrogens is 266 g/mol. The maximum Gasteiger partial charge on any atom is 0.143 e. The van der Waals surface area contributed by atoms with Gasteiger partial charge in [0.25, 0.3) is 0 Å². The van der Waals surface area contributed by atoms with E-state index in [2.05, 4.69) is 10.3 Å². The lowest BCUT2D eigenvalue weighted by molar-refractivity contribution is 0.490. The Balaban J connectivity index is 2.05. The molecule has 0 amide bonds. The lowest BCUT2D eigenvalue weighted by Gasteiger charge is -2.19. The number of nitrogens with zero attached hydrogens (tertiary/aromatic N) is 2. The van der Waals surface area contributed by atoms with Crippen molar-refractivity contribution in [3.63, 3.8) is 0 Å². The second kappa shape index (κ2) is 4.96. The van der Waals surface area contributed by atoms with Crippen molar-refractivity contribution in [2.24, 2.45) is 0 Å². The number of aryl methyl sites for hydroxylation is 1. The van der Waals surface area contributed by atoms with E-state index in [-0.39, 0.29) is 0 Å². The van der Waals surface area contributed by atoms with Crippen LogP contribution >= 0.6 is 22.9 Å². The Hall–Kier alpha value is -0.970. The quantitative estimate of drug-likeness (QED) is 0.915. The Labute approximate surface area is 115 Å². The fourth-order valence-electron chi connectivity index (χ4n) is 2.34. The third-order valence-corrected chi connectivity index (χ3v) is 4.71. The fraction of sp³-hybridized carbons (Fsp3) is 0.385. The molecule has 0 saturated carbocycles. The molecule has 3 nitrogen and oxygen atoms in total. The van der Waals surface area contributed by atoms with Gasteiger partial charge in [-0.2, -0.15) is 0 Å². The zero-order chi connectivity index (χ0) is 12.5. The zero-order valence-electron chi connectivity index (χ0n) is 10.1. The average molecular weight is 280 g/mol. The maximum atomic E-state index is 6.18. The van der Waals surface area contributed by atoms with Crippen molar-refractivity contribution < 1.29 is 0 Å². The van der Waals surface area contributed by atoms with Gasteiger partial charge >= 0.3 is 0 Å². The summed E-state index contributed by atoms with van der Waals surface area (Å²) in [4.78, 5) is 10.5. The standard InChI is InChI=1S/C13H14ClN3S/c1-15-9-5-2-6-10-12(9)17-13(18-10)11-8(14)4-3-7-16-11/h3-4,7,9,15H,2,5-6H2,1H3. The molecule has 0 fully saturated rings. The van der Waals surface area contributed by atoms with Crippen molar-refractivity contribution in [1.29, 1.82) is 0 Å². The topological polar surface area (TPSA) is 37.8 Å². The summed E-state index contributed by atoms with van der Waals surface area (Å²) >= 11 is 7.90. The first-order valence-electron chi connectivity index (χ1n) is 6.07. The number of hydrogen-bond donors (Lipinski definition) is 1. The molecule has 1 aliphatic carbocycles. The van der Waals surface area contributed by atoms with Gasteiger partial charge in [0.1, 0.15) is 10.7 Å². The Bertz CT molecular complexity index is 567. The van der Waals surface area contributed by atoms with Crippen LogP contribution in [0.3, 0.4) is 0 Å². The first-order chi connectivity index (χ1) is 8.79. The van der Waals surface area contributed by atoms with Gasteiger partial charge in [-0.1, -0.05) is 11.6 Å². The third-order valence-electron chi connectivity index (χ3n) is 3.26. The number of thiazole rings is 1. The fourth-order valence-corrected chi connectivity index (χ4v) is 3.79. The van der Waals surface area contributed by atoms with Crippen LogP contribution in [0.4, 0.5) is 0 Å². The predicted molar refractivity (Wildman–Crippen MR) is 75.1 cm³/mol. The zero-order valence-corrected chi connectivity index (χ0v) is 11.7. The number of hydrogen-bond acceptors (Lipinski definition) is 4. The van der Waals surface area contributed by atoms with E-state index in [0.717, 1.165) is 23.5 Å². The van der Waals surface area contributed by atoms with E-state index < -0.39 is 0 Å². The van der Waals surface area contributed by atoms with Gasteiger partial charge in [0, 0.05) is 11.1 Å². The summed E-state index contributed by atoms with van der Waals surface area (Å²) in [5.41, 5.74) is 1.99. The second-order valence-electron chi connectivity index (χ2n) is 4.39. The summed E-state index contributed by atoms with van der Waals surface area (Å²) in [6.07, 6.45) is 5.26. The number of halogens is 1. The van der Waals surface area contributed by atoms with Crippen molar-refractivity contribution in [3.05, 3.63) is 33.9 Å². The van der Waals surface area contributed by atoms with Gasteiger partial charge in [0.15, 0.2) is 0 Å². The normalized spacial score (nSPS) is 18.7. The molecule has 2 aromatic heterocycles. The Morgan fingerprint density at radius 1 is 1.50 bits per heavy atom. The van der Waals surface area contributed by atoms with Crippen LogP contribution in [0.2, 0.25) is 5.02 Å². The van der Waals surface area contributed by atoms with E-state index in [0.29, 0.717) is 11.1 Å². The largest absolute Gasteiger partial charge is 0.312 e. The number of fused-ring (bicyclic) bond motifs is 1. The van der Waals surface area contributed by atoms with E-state index in [9.17, 15) is 0 Å². The molecule has 0 saturated heterocycles. The van der Waals surface area contributed by atoms with Crippen LogP contribution in [-0.4, -0.2) is 17.0 Å². The highest BCUT2D eigenvalue weighted by atomic mass is 35.5. The molecule has 3 rings (SSSR count). The second-order valence-corrected chi connectivity index (χ2v) is 5.89. The molecule has 1 aliphatic rings. The average Bonchev–Trinajstić information content (AvgIpc) is 2.82. The minimum Gasteiger partial charge on any atom is -0.312 e. The molecule has 0 aromatic carbocycles. The molecule has 1 unspecified atom stereocenters. The number of pyridine rings is 1. The summed E-state index contributed by atoms with van der Waals surface area (Å²) in [6, 6.07) is 4.08. The monoisotopic (exact) mass is 279 g/mol. The van der Waals surface area contributed by atoms with Gasteiger partial charge in [-0.3, -0.25) is 4.98 Å². The van der Waals surface area contributed by atoms with Crippen LogP contribution in [-0.2, 0) is 6.42 Å². The lowest BCUT2D eigenvalue weighted by Crippen LogP contribution is -2.21. The van der Waals surface area contributed by atoms with Crippen LogP contribution in [0.5, 0.6) is 0 Å². The highest BCUT2D eigenvalue weighted by molar-refractivity contribution is 7.15. The van der Waals surface area contributed by atoms with E-state index in [1.807, 2.05) is 19.2 Å². The Kier molecular flexibility index (Phi) is 3.33. The highest BCUT2D eigenvalue weighted by Crippen LogP contribution is 2.37. The van der Waals surface area contributed by atoms with Gasteiger partial charge in [-0.05, 0) is 38.4 Å². The van der Waals surface area contributed by atoms with Gasteiger partial charge in [0.2, 0.25) is 0 Å². The summed E-state index contributed by atoms with van der Waals surface area (Å²) < 4.78 is 0. The molecule has 0 radical (unpaired) electrons. The van der Waals surface area contributed by atoms with Crippen LogP contribution in [0.1, 0.15) is 29.5 Å². The lowest BCUT2D eigenvalue weighted by atomic mass is 9.98. The Morgan fingerprint density at radius 2 is 2.39 bits per heavy atom. The van der Waals surface area contributed by atoms with E-state index >= 15 is 0 Å². The minimum absolute atomic E-state index is 0.376. The first-order valence-corrected chi connectivity index (χ1v) is 7.27. The van der Waals surface area contributed by atoms with Gasteiger partial charge in [-0.25, -0.2) is 4.98 Å². The number of nitrogens with one attached hydrogen (secondary N) is 1. The first kappa shape index (κ1) is 12.1. The van der Waals surface area contributed by atoms with Crippen LogP contribution in [0, 0.1) is 0 Å². The molecule has 1 N–H and O–H groups in total. The summed E-state index contributed by atoms with van der Waals surface area (Å²) in [5, 5.41) is 4.94. The molecule has 94 valence electrons. The van der Waals surface area contributed by atoms with Crippen molar-refractivity contribution in [3.8, 4) is 10.7 Å². The van der Waals surface area contributed by atoms with E-state index in [1.165, 1.54) is 17.0 Å². The van der Waals surface area contributed by atoms with Crippen molar-refractivity contribution >= 4 is 22.9 Å². The molecule has 1 atom stereocenters. The SMILES string of the molecule is CNC1CCCc2sc(-c3ncccc3Cl)nc21. The van der Waals surface area contributed by atoms with Crippen molar-refractivity contribution in [2.45, 2.75) is 25.3 Å². The van der Waals surface area contributed by atoms with Crippen molar-refractivity contribution in [2.75, 3.05) is 7.05 Å². The molecule has 2 aromatic rings. The summed E-state index contributed by atoms with van der Waals surface area (Å²) in [5.74, 6) is 0. The number of aromatic nitrogens is 2. The highest BCUT2D eigenvalue weighted by Gasteiger charge is 2.24. The number of rotatable bonds is 2. The third kappa shape index (κ3) is 2.05. The van der Waals surface area contributed by atoms with Crippen LogP contribution in [0.15, 0.2) is 18.3 Å². The molecule has 5 heteroatoms. The molecule has 0 aliphatic heterocycles. The van der Waals surface area contributed by atoms with Crippen molar-refractivity contribution in [1.82, 2.24) is 15.3 Å². The predicted octanol–water partition coefficient (Wildman–Crippen LogP) is 3.46. The molecule has 0 spiro atoms. The van der Waals surface area contributed by atoms with E-state index in [1.54, 1.807) is 17.5 Å².